The lowest BCUT2D eigenvalue weighted by Gasteiger charge is -2.16. The molecule has 0 unspecified atom stereocenters. The van der Waals surface area contributed by atoms with Crippen molar-refractivity contribution >= 4 is 11.8 Å². The summed E-state index contributed by atoms with van der Waals surface area (Å²) in [5.74, 6) is 0.495. The van der Waals surface area contributed by atoms with Gasteiger partial charge < -0.3 is 15.4 Å². The second-order valence-electron chi connectivity index (χ2n) is 6.37. The fourth-order valence-electron chi connectivity index (χ4n) is 3.05. The van der Waals surface area contributed by atoms with Gasteiger partial charge in [0.2, 0.25) is 11.8 Å². The second-order valence-corrected chi connectivity index (χ2v) is 6.37. The highest BCUT2D eigenvalue weighted by atomic mass is 16.5. The van der Waals surface area contributed by atoms with Crippen LogP contribution in [0.15, 0.2) is 54.6 Å². The van der Waals surface area contributed by atoms with Gasteiger partial charge in [-0.25, -0.2) is 0 Å². The SMILES string of the molecule is O=C(CCOc1ccccc1-c1ccccc1)N[C@H]1CCCCNC1=O. The van der Waals surface area contributed by atoms with Crippen molar-refractivity contribution in [2.75, 3.05) is 13.2 Å². The van der Waals surface area contributed by atoms with Crippen LogP contribution in [-0.4, -0.2) is 31.0 Å². The van der Waals surface area contributed by atoms with Crippen LogP contribution in [0.5, 0.6) is 5.75 Å². The molecule has 0 bridgehead atoms. The molecule has 0 spiro atoms. The van der Waals surface area contributed by atoms with Gasteiger partial charge in [-0.3, -0.25) is 9.59 Å². The molecule has 2 N–H and O–H groups in total. The summed E-state index contributed by atoms with van der Waals surface area (Å²) in [5.41, 5.74) is 2.07. The fraction of sp³-hybridized carbons (Fsp3) is 0.333. The Balaban J connectivity index is 1.54. The number of benzene rings is 2. The van der Waals surface area contributed by atoms with Crippen molar-refractivity contribution in [2.45, 2.75) is 31.7 Å². The van der Waals surface area contributed by atoms with Crippen LogP contribution in [0.2, 0.25) is 0 Å². The van der Waals surface area contributed by atoms with Crippen molar-refractivity contribution < 1.29 is 14.3 Å². The molecule has 0 saturated carbocycles. The summed E-state index contributed by atoms with van der Waals surface area (Å²) in [7, 11) is 0. The van der Waals surface area contributed by atoms with Crippen molar-refractivity contribution in [3.63, 3.8) is 0 Å². The molecule has 2 aromatic rings. The van der Waals surface area contributed by atoms with E-state index in [0.717, 1.165) is 29.7 Å². The van der Waals surface area contributed by atoms with E-state index in [-0.39, 0.29) is 24.8 Å². The Morgan fingerprint density at radius 3 is 2.69 bits per heavy atom. The van der Waals surface area contributed by atoms with E-state index >= 15 is 0 Å². The molecule has 1 saturated heterocycles. The van der Waals surface area contributed by atoms with E-state index in [2.05, 4.69) is 10.6 Å². The standard InChI is InChI=1S/C21H24N2O3/c24-20(23-18-11-6-7-14-22-21(18)25)13-15-26-19-12-5-4-10-17(19)16-8-2-1-3-9-16/h1-5,8-10,12,18H,6-7,11,13-15H2,(H,22,25)(H,23,24)/t18-/m0/s1. The molecular weight excluding hydrogens is 328 g/mol. The minimum Gasteiger partial charge on any atom is -0.492 e. The van der Waals surface area contributed by atoms with Gasteiger partial charge in [-0.2, -0.15) is 0 Å². The molecule has 136 valence electrons. The lowest BCUT2D eigenvalue weighted by molar-refractivity contribution is -0.129. The van der Waals surface area contributed by atoms with Gasteiger partial charge in [0.25, 0.3) is 0 Å². The highest BCUT2D eigenvalue weighted by molar-refractivity contribution is 5.87. The number of hydrogen-bond donors (Lipinski definition) is 2. The maximum atomic E-state index is 12.1. The zero-order chi connectivity index (χ0) is 18.2. The highest BCUT2D eigenvalue weighted by Gasteiger charge is 2.22. The first-order valence-electron chi connectivity index (χ1n) is 9.08. The first-order valence-corrected chi connectivity index (χ1v) is 9.08. The quantitative estimate of drug-likeness (QED) is 0.840. The summed E-state index contributed by atoms with van der Waals surface area (Å²) < 4.78 is 5.84. The Hall–Kier alpha value is -2.82. The van der Waals surface area contributed by atoms with Crippen molar-refractivity contribution in [3.8, 4) is 16.9 Å². The number of ether oxygens (including phenoxy) is 1. The molecule has 2 amide bonds. The number of carbonyl (C=O) groups is 2. The lowest BCUT2D eigenvalue weighted by Crippen LogP contribution is -2.45. The topological polar surface area (TPSA) is 67.4 Å². The van der Waals surface area contributed by atoms with Crippen LogP contribution < -0.4 is 15.4 Å². The molecule has 1 heterocycles. The Kier molecular flexibility index (Phi) is 6.25. The minimum atomic E-state index is -0.429. The third-order valence-corrected chi connectivity index (χ3v) is 4.43. The fourth-order valence-corrected chi connectivity index (χ4v) is 3.05. The van der Waals surface area contributed by atoms with Gasteiger partial charge in [-0.05, 0) is 30.9 Å². The molecule has 0 radical (unpaired) electrons. The monoisotopic (exact) mass is 352 g/mol. The van der Waals surface area contributed by atoms with E-state index in [4.69, 9.17) is 4.74 Å². The highest BCUT2D eigenvalue weighted by Crippen LogP contribution is 2.29. The van der Waals surface area contributed by atoms with Crippen LogP contribution in [0.25, 0.3) is 11.1 Å². The molecule has 5 nitrogen and oxygen atoms in total. The lowest BCUT2D eigenvalue weighted by atomic mass is 10.1. The molecule has 0 aliphatic carbocycles. The van der Waals surface area contributed by atoms with Gasteiger partial charge in [-0.1, -0.05) is 48.5 Å². The Morgan fingerprint density at radius 1 is 1.08 bits per heavy atom. The van der Waals surface area contributed by atoms with Crippen LogP contribution in [0.3, 0.4) is 0 Å². The molecule has 2 aromatic carbocycles. The maximum Gasteiger partial charge on any atom is 0.242 e. The summed E-state index contributed by atoms with van der Waals surface area (Å²) in [5, 5.41) is 5.63. The number of nitrogens with one attached hydrogen (secondary N) is 2. The third-order valence-electron chi connectivity index (χ3n) is 4.43. The predicted octanol–water partition coefficient (Wildman–Crippen LogP) is 2.91. The molecule has 3 rings (SSSR count). The van der Waals surface area contributed by atoms with Crippen molar-refractivity contribution in [2.24, 2.45) is 0 Å². The Morgan fingerprint density at radius 2 is 1.85 bits per heavy atom. The minimum absolute atomic E-state index is 0.0915. The number of hydrogen-bond acceptors (Lipinski definition) is 3. The Bertz CT molecular complexity index is 746. The van der Waals surface area contributed by atoms with E-state index < -0.39 is 6.04 Å². The van der Waals surface area contributed by atoms with Crippen LogP contribution in [0.4, 0.5) is 0 Å². The molecule has 0 aromatic heterocycles. The van der Waals surface area contributed by atoms with Gasteiger partial charge in [0, 0.05) is 12.1 Å². The third kappa shape index (κ3) is 4.85. The zero-order valence-electron chi connectivity index (χ0n) is 14.7. The van der Waals surface area contributed by atoms with E-state index in [9.17, 15) is 9.59 Å². The number of amides is 2. The van der Waals surface area contributed by atoms with Gasteiger partial charge in [0.05, 0.1) is 13.0 Å². The van der Waals surface area contributed by atoms with Gasteiger partial charge >= 0.3 is 0 Å². The molecule has 1 fully saturated rings. The van der Waals surface area contributed by atoms with Gasteiger partial charge in [0.1, 0.15) is 11.8 Å². The predicted molar refractivity (Wildman–Crippen MR) is 101 cm³/mol. The van der Waals surface area contributed by atoms with Gasteiger partial charge in [0.15, 0.2) is 0 Å². The first kappa shape index (κ1) is 18.0. The smallest absolute Gasteiger partial charge is 0.242 e. The van der Waals surface area contributed by atoms with E-state index in [1.54, 1.807) is 0 Å². The molecule has 1 aliphatic rings. The first-order chi connectivity index (χ1) is 12.7. The summed E-state index contributed by atoms with van der Waals surface area (Å²) in [6.07, 6.45) is 2.80. The van der Waals surface area contributed by atoms with E-state index in [1.807, 2.05) is 54.6 Å². The molecule has 1 aliphatic heterocycles. The molecule has 5 heteroatoms. The van der Waals surface area contributed by atoms with Crippen molar-refractivity contribution in [1.82, 2.24) is 10.6 Å². The second kappa shape index (κ2) is 9.04. The Labute approximate surface area is 153 Å². The number of para-hydroxylation sites is 1. The average molecular weight is 352 g/mol. The van der Waals surface area contributed by atoms with Crippen molar-refractivity contribution in [3.05, 3.63) is 54.6 Å². The summed E-state index contributed by atoms with van der Waals surface area (Å²) in [4.78, 5) is 24.0. The van der Waals surface area contributed by atoms with Gasteiger partial charge in [-0.15, -0.1) is 0 Å². The summed E-state index contributed by atoms with van der Waals surface area (Å²) in [6, 6.07) is 17.3. The van der Waals surface area contributed by atoms with Crippen LogP contribution >= 0.6 is 0 Å². The molecule has 1 atom stereocenters. The average Bonchev–Trinajstić information content (AvgIpc) is 2.87. The van der Waals surface area contributed by atoms with Crippen LogP contribution in [0, 0.1) is 0 Å². The van der Waals surface area contributed by atoms with E-state index in [0.29, 0.717) is 13.0 Å². The van der Waals surface area contributed by atoms with Crippen molar-refractivity contribution in [1.29, 1.82) is 0 Å². The number of rotatable bonds is 6. The molecule has 26 heavy (non-hydrogen) atoms. The normalized spacial score (nSPS) is 17.1. The summed E-state index contributed by atoms with van der Waals surface area (Å²) in [6.45, 7) is 0.953. The van der Waals surface area contributed by atoms with Crippen LogP contribution in [0.1, 0.15) is 25.7 Å². The largest absolute Gasteiger partial charge is 0.492 e. The van der Waals surface area contributed by atoms with Crippen LogP contribution in [-0.2, 0) is 9.59 Å². The maximum absolute atomic E-state index is 12.1. The van der Waals surface area contributed by atoms with E-state index in [1.165, 1.54) is 0 Å². The molecular formula is C21H24N2O3. The zero-order valence-corrected chi connectivity index (χ0v) is 14.7. The number of carbonyl (C=O) groups excluding carboxylic acids is 2. The summed E-state index contributed by atoms with van der Waals surface area (Å²) >= 11 is 0.